The van der Waals surface area contributed by atoms with Crippen molar-refractivity contribution in [1.29, 1.82) is 0 Å². The first-order chi connectivity index (χ1) is 10.2. The molecule has 0 bridgehead atoms. The molecule has 4 nitrogen and oxygen atoms in total. The molecule has 1 heterocycles. The van der Waals surface area contributed by atoms with Crippen molar-refractivity contribution in [2.45, 2.75) is 50.7 Å². The number of rotatable bonds is 4. The number of fused-ring (bicyclic) bond motifs is 1. The Kier molecular flexibility index (Phi) is 4.36. The molecule has 0 radical (unpaired) electrons. The van der Waals surface area contributed by atoms with Crippen LogP contribution >= 0.6 is 0 Å². The van der Waals surface area contributed by atoms with E-state index in [1.807, 2.05) is 25.1 Å². The van der Waals surface area contributed by atoms with Crippen molar-refractivity contribution in [2.75, 3.05) is 19.8 Å². The second-order valence-electron chi connectivity index (χ2n) is 5.86. The molecule has 4 heteroatoms. The molecule has 2 aliphatic rings. The molecule has 1 aromatic rings. The lowest BCUT2D eigenvalue weighted by molar-refractivity contribution is -0.118. The van der Waals surface area contributed by atoms with E-state index >= 15 is 0 Å². The summed E-state index contributed by atoms with van der Waals surface area (Å²) in [5.74, 6) is 1.49. The van der Waals surface area contributed by atoms with Gasteiger partial charge in [-0.15, -0.1) is 0 Å². The Morgan fingerprint density at radius 3 is 2.57 bits per heavy atom. The van der Waals surface area contributed by atoms with Gasteiger partial charge < -0.3 is 19.3 Å². The zero-order chi connectivity index (χ0) is 14.7. The topological polar surface area (TPSA) is 47.9 Å². The third-order valence-corrected chi connectivity index (χ3v) is 4.47. The van der Waals surface area contributed by atoms with E-state index in [-0.39, 0.29) is 0 Å². The van der Waals surface area contributed by atoms with E-state index in [1.54, 1.807) is 0 Å². The fourth-order valence-corrected chi connectivity index (χ4v) is 3.41. The Morgan fingerprint density at radius 1 is 1.14 bits per heavy atom. The summed E-state index contributed by atoms with van der Waals surface area (Å²) in [6.45, 7) is 3.95. The fraction of sp³-hybridized carbons (Fsp3) is 0.647. The minimum atomic E-state index is -0.614. The highest BCUT2D eigenvalue weighted by molar-refractivity contribution is 5.44. The van der Waals surface area contributed by atoms with Crippen LogP contribution in [-0.4, -0.2) is 30.5 Å². The van der Waals surface area contributed by atoms with Gasteiger partial charge in [0.15, 0.2) is 11.5 Å². The Balaban J connectivity index is 1.87. The van der Waals surface area contributed by atoms with Crippen LogP contribution in [0.25, 0.3) is 0 Å². The maximum atomic E-state index is 10.9. The first-order valence-corrected chi connectivity index (χ1v) is 7.97. The molecule has 1 N–H and O–H groups in total. The van der Waals surface area contributed by atoms with Crippen LogP contribution in [0.15, 0.2) is 18.2 Å². The van der Waals surface area contributed by atoms with Crippen LogP contribution in [0.1, 0.15) is 50.7 Å². The summed E-state index contributed by atoms with van der Waals surface area (Å²) in [6, 6.07) is 5.73. The van der Waals surface area contributed by atoms with Crippen molar-refractivity contribution in [3.8, 4) is 11.5 Å². The van der Waals surface area contributed by atoms with Gasteiger partial charge in [-0.3, -0.25) is 0 Å². The van der Waals surface area contributed by atoms with Gasteiger partial charge in [0.1, 0.15) is 6.10 Å². The molecule has 0 amide bonds. The van der Waals surface area contributed by atoms with Crippen molar-refractivity contribution in [3.05, 3.63) is 23.8 Å². The summed E-state index contributed by atoms with van der Waals surface area (Å²) in [6.07, 6.45) is 4.32. The third-order valence-electron chi connectivity index (χ3n) is 4.47. The van der Waals surface area contributed by atoms with Crippen LogP contribution in [0, 0.1) is 0 Å². The smallest absolute Gasteiger partial charge is 0.161 e. The van der Waals surface area contributed by atoms with Gasteiger partial charge in [-0.25, -0.2) is 0 Å². The predicted molar refractivity (Wildman–Crippen MR) is 79.8 cm³/mol. The van der Waals surface area contributed by atoms with Crippen LogP contribution in [-0.2, 0) is 4.74 Å². The molecular formula is C17H24O4. The maximum Gasteiger partial charge on any atom is 0.161 e. The van der Waals surface area contributed by atoms with Crippen molar-refractivity contribution in [1.82, 2.24) is 0 Å². The quantitative estimate of drug-likeness (QED) is 0.925. The second kappa shape index (κ2) is 6.24. The van der Waals surface area contributed by atoms with E-state index in [1.165, 1.54) is 0 Å². The first kappa shape index (κ1) is 14.7. The van der Waals surface area contributed by atoms with E-state index < -0.39 is 11.7 Å². The highest BCUT2D eigenvalue weighted by Gasteiger charge is 2.42. The molecule has 1 saturated carbocycles. The maximum absolute atomic E-state index is 10.9. The van der Waals surface area contributed by atoms with Gasteiger partial charge in [0, 0.05) is 13.0 Å². The molecule has 1 aromatic carbocycles. The molecule has 116 valence electrons. The lowest BCUT2D eigenvalue weighted by atomic mass is 9.89. The summed E-state index contributed by atoms with van der Waals surface area (Å²) in [4.78, 5) is 0. The largest absolute Gasteiger partial charge is 0.490 e. The van der Waals surface area contributed by atoms with E-state index in [2.05, 4.69) is 0 Å². The zero-order valence-corrected chi connectivity index (χ0v) is 12.6. The summed E-state index contributed by atoms with van der Waals surface area (Å²) in [7, 11) is 0. The standard InChI is InChI=1S/C17H24O4/c1-2-21-17(8-3-4-9-17)16(18)13-6-7-14-15(12-13)20-11-5-10-19-14/h6-7,12,16,18H,2-5,8-11H2,1H3. The molecule has 1 aliphatic carbocycles. The normalized spacial score (nSPS) is 21.8. The summed E-state index contributed by atoms with van der Waals surface area (Å²) < 4.78 is 17.3. The molecule has 3 rings (SSSR count). The van der Waals surface area contributed by atoms with Gasteiger partial charge in [0.2, 0.25) is 0 Å². The van der Waals surface area contributed by atoms with Gasteiger partial charge in [0.05, 0.1) is 18.8 Å². The zero-order valence-electron chi connectivity index (χ0n) is 12.6. The van der Waals surface area contributed by atoms with Crippen molar-refractivity contribution < 1.29 is 19.3 Å². The summed E-state index contributed by atoms with van der Waals surface area (Å²) >= 11 is 0. The monoisotopic (exact) mass is 292 g/mol. The summed E-state index contributed by atoms with van der Waals surface area (Å²) in [5, 5.41) is 10.9. The number of hydrogen-bond donors (Lipinski definition) is 1. The Morgan fingerprint density at radius 2 is 1.86 bits per heavy atom. The van der Waals surface area contributed by atoms with E-state index in [0.717, 1.165) is 49.2 Å². The van der Waals surface area contributed by atoms with E-state index in [0.29, 0.717) is 19.8 Å². The fourth-order valence-electron chi connectivity index (χ4n) is 3.41. The predicted octanol–water partition coefficient (Wildman–Crippen LogP) is 3.23. The molecule has 0 spiro atoms. The van der Waals surface area contributed by atoms with Gasteiger partial charge >= 0.3 is 0 Å². The van der Waals surface area contributed by atoms with Crippen molar-refractivity contribution >= 4 is 0 Å². The minimum Gasteiger partial charge on any atom is -0.490 e. The van der Waals surface area contributed by atoms with Gasteiger partial charge in [-0.1, -0.05) is 18.9 Å². The first-order valence-electron chi connectivity index (χ1n) is 7.97. The number of ether oxygens (including phenoxy) is 3. The highest BCUT2D eigenvalue weighted by Crippen LogP contribution is 2.44. The molecule has 0 aromatic heterocycles. The van der Waals surface area contributed by atoms with Crippen molar-refractivity contribution in [2.24, 2.45) is 0 Å². The lowest BCUT2D eigenvalue weighted by Crippen LogP contribution is -2.36. The van der Waals surface area contributed by atoms with Crippen LogP contribution in [0.3, 0.4) is 0 Å². The van der Waals surface area contributed by atoms with E-state index in [9.17, 15) is 5.11 Å². The Labute approximate surface area is 126 Å². The number of aliphatic hydroxyl groups excluding tert-OH is 1. The van der Waals surface area contributed by atoms with Crippen LogP contribution in [0.5, 0.6) is 11.5 Å². The number of aliphatic hydroxyl groups is 1. The SMILES string of the molecule is CCOC1(C(O)c2ccc3c(c2)OCCCO3)CCCC1. The molecule has 1 unspecified atom stereocenters. The van der Waals surface area contributed by atoms with Crippen LogP contribution in [0.2, 0.25) is 0 Å². The molecule has 21 heavy (non-hydrogen) atoms. The third kappa shape index (κ3) is 2.87. The lowest BCUT2D eigenvalue weighted by Gasteiger charge is -2.34. The highest BCUT2D eigenvalue weighted by atomic mass is 16.5. The minimum absolute atomic E-state index is 0.436. The molecule has 1 atom stereocenters. The van der Waals surface area contributed by atoms with Gasteiger partial charge in [-0.05, 0) is 37.5 Å². The van der Waals surface area contributed by atoms with E-state index in [4.69, 9.17) is 14.2 Å². The number of benzene rings is 1. The Hall–Kier alpha value is -1.26. The Bertz CT molecular complexity index is 480. The van der Waals surface area contributed by atoms with Gasteiger partial charge in [0.25, 0.3) is 0 Å². The molecule has 0 saturated heterocycles. The van der Waals surface area contributed by atoms with Crippen LogP contribution < -0.4 is 9.47 Å². The average molecular weight is 292 g/mol. The second-order valence-corrected chi connectivity index (χ2v) is 5.86. The number of hydrogen-bond acceptors (Lipinski definition) is 4. The average Bonchev–Trinajstić information content (AvgIpc) is 2.85. The molecular weight excluding hydrogens is 268 g/mol. The summed E-state index contributed by atoms with van der Waals surface area (Å²) in [5.41, 5.74) is 0.420. The molecule has 1 fully saturated rings. The van der Waals surface area contributed by atoms with Gasteiger partial charge in [-0.2, -0.15) is 0 Å². The van der Waals surface area contributed by atoms with Crippen LogP contribution in [0.4, 0.5) is 0 Å². The van der Waals surface area contributed by atoms with Crippen molar-refractivity contribution in [3.63, 3.8) is 0 Å². The molecule has 1 aliphatic heterocycles.